The molecule has 2 aromatic carbocycles. The summed E-state index contributed by atoms with van der Waals surface area (Å²) in [5, 5.41) is 2.95. The van der Waals surface area contributed by atoms with E-state index in [-0.39, 0.29) is 5.91 Å². The quantitative estimate of drug-likeness (QED) is 0.827. The van der Waals surface area contributed by atoms with Crippen molar-refractivity contribution in [3.05, 3.63) is 65.2 Å². The van der Waals surface area contributed by atoms with Gasteiger partial charge < -0.3 is 10.1 Å². The number of carbonyl (C=O) groups excluding carboxylic acids is 1. The molecule has 0 saturated carbocycles. The Kier molecular flexibility index (Phi) is 6.29. The van der Waals surface area contributed by atoms with Gasteiger partial charge in [-0.2, -0.15) is 0 Å². The number of nitrogens with zero attached hydrogens (tertiary/aromatic N) is 1. The highest BCUT2D eigenvalue weighted by molar-refractivity contribution is 5.80. The summed E-state index contributed by atoms with van der Waals surface area (Å²) >= 11 is 0. The molecule has 4 nitrogen and oxygen atoms in total. The zero-order valence-electron chi connectivity index (χ0n) is 15.7. The van der Waals surface area contributed by atoms with Crippen LogP contribution in [0.2, 0.25) is 0 Å². The molecule has 2 aromatic rings. The Hall–Kier alpha value is -2.33. The normalized spacial score (nSPS) is 15.6. The lowest BCUT2D eigenvalue weighted by Gasteiger charge is -2.16. The van der Waals surface area contributed by atoms with Crippen LogP contribution >= 0.6 is 0 Å². The van der Waals surface area contributed by atoms with Crippen molar-refractivity contribution in [1.29, 1.82) is 0 Å². The van der Waals surface area contributed by atoms with E-state index in [1.54, 1.807) is 6.92 Å². The molecule has 1 N–H and O–H groups in total. The lowest BCUT2D eigenvalue weighted by Crippen LogP contribution is -2.35. The fourth-order valence-corrected chi connectivity index (χ4v) is 3.24. The number of likely N-dealkylation sites (tertiary alicyclic amines) is 1. The maximum atomic E-state index is 12.3. The van der Waals surface area contributed by atoms with Gasteiger partial charge in [-0.15, -0.1) is 0 Å². The smallest absolute Gasteiger partial charge is 0.261 e. The third-order valence-corrected chi connectivity index (χ3v) is 4.77. The Labute approximate surface area is 156 Å². The van der Waals surface area contributed by atoms with Crippen molar-refractivity contribution in [1.82, 2.24) is 10.2 Å². The topological polar surface area (TPSA) is 41.6 Å². The minimum absolute atomic E-state index is 0.104. The molecule has 1 aliphatic rings. The van der Waals surface area contributed by atoms with Gasteiger partial charge in [0.2, 0.25) is 0 Å². The molecule has 4 heteroatoms. The number of hydrogen-bond acceptors (Lipinski definition) is 3. The van der Waals surface area contributed by atoms with E-state index >= 15 is 0 Å². The van der Waals surface area contributed by atoms with Gasteiger partial charge >= 0.3 is 0 Å². The van der Waals surface area contributed by atoms with Crippen LogP contribution in [0.5, 0.6) is 5.75 Å². The largest absolute Gasteiger partial charge is 0.481 e. The number of nitrogens with one attached hydrogen (secondary N) is 1. The first-order chi connectivity index (χ1) is 12.6. The van der Waals surface area contributed by atoms with Crippen LogP contribution in [0.4, 0.5) is 0 Å². The second-order valence-electron chi connectivity index (χ2n) is 7.09. The molecule has 1 atom stereocenters. The van der Waals surface area contributed by atoms with Crippen LogP contribution in [-0.4, -0.2) is 30.0 Å². The van der Waals surface area contributed by atoms with Crippen molar-refractivity contribution in [2.24, 2.45) is 0 Å². The number of ether oxygens (including phenoxy) is 1. The van der Waals surface area contributed by atoms with E-state index in [4.69, 9.17) is 4.74 Å². The van der Waals surface area contributed by atoms with Crippen LogP contribution in [-0.2, 0) is 17.9 Å². The van der Waals surface area contributed by atoms with Crippen LogP contribution in [0.3, 0.4) is 0 Å². The van der Waals surface area contributed by atoms with E-state index in [0.29, 0.717) is 6.54 Å². The van der Waals surface area contributed by atoms with Gasteiger partial charge in [0.1, 0.15) is 5.75 Å². The molecular formula is C22H28N2O2. The van der Waals surface area contributed by atoms with Crippen LogP contribution in [0.25, 0.3) is 0 Å². The summed E-state index contributed by atoms with van der Waals surface area (Å²) in [4.78, 5) is 14.7. The van der Waals surface area contributed by atoms with Crippen molar-refractivity contribution in [2.45, 2.75) is 45.9 Å². The summed E-state index contributed by atoms with van der Waals surface area (Å²) in [5.74, 6) is 0.617. The molecule has 3 rings (SSSR count). The fraction of sp³-hybridized carbons (Fsp3) is 0.409. The maximum absolute atomic E-state index is 12.3. The summed E-state index contributed by atoms with van der Waals surface area (Å²) in [6, 6.07) is 16.2. The summed E-state index contributed by atoms with van der Waals surface area (Å²) in [7, 11) is 0. The monoisotopic (exact) mass is 352 g/mol. The predicted molar refractivity (Wildman–Crippen MR) is 104 cm³/mol. The molecule has 1 saturated heterocycles. The Balaban J connectivity index is 1.46. The molecule has 0 aliphatic carbocycles. The van der Waals surface area contributed by atoms with E-state index < -0.39 is 6.10 Å². The van der Waals surface area contributed by atoms with Gasteiger partial charge in [-0.3, -0.25) is 9.69 Å². The predicted octanol–water partition coefficient (Wildman–Crippen LogP) is 3.67. The fourth-order valence-electron chi connectivity index (χ4n) is 3.24. The van der Waals surface area contributed by atoms with Crippen LogP contribution in [0.1, 0.15) is 36.5 Å². The molecule has 1 unspecified atom stereocenters. The molecule has 0 aromatic heterocycles. The molecule has 0 radical (unpaired) electrons. The van der Waals surface area contributed by atoms with Crippen molar-refractivity contribution >= 4 is 5.91 Å². The zero-order chi connectivity index (χ0) is 18.4. The molecular weight excluding hydrogens is 324 g/mol. The molecule has 0 bridgehead atoms. The standard InChI is InChI=1S/C22H28N2O2/c1-17-6-5-7-21(14-17)26-18(2)22(25)23-15-19-8-10-20(11-9-19)16-24-12-3-4-13-24/h5-11,14,18H,3-4,12-13,15-16H2,1-2H3,(H,23,25). The van der Waals surface area contributed by atoms with Gasteiger partial charge in [-0.25, -0.2) is 0 Å². The van der Waals surface area contributed by atoms with E-state index in [1.807, 2.05) is 31.2 Å². The van der Waals surface area contributed by atoms with E-state index in [0.717, 1.165) is 23.4 Å². The van der Waals surface area contributed by atoms with Crippen molar-refractivity contribution in [3.8, 4) is 5.75 Å². The minimum Gasteiger partial charge on any atom is -0.481 e. The van der Waals surface area contributed by atoms with Gasteiger partial charge in [0.05, 0.1) is 0 Å². The Morgan fingerprint density at radius 3 is 2.50 bits per heavy atom. The highest BCUT2D eigenvalue weighted by Gasteiger charge is 2.15. The van der Waals surface area contributed by atoms with Crippen molar-refractivity contribution < 1.29 is 9.53 Å². The first kappa shape index (κ1) is 18.5. The van der Waals surface area contributed by atoms with E-state index in [2.05, 4.69) is 34.5 Å². The van der Waals surface area contributed by atoms with Gasteiger partial charge in [0.25, 0.3) is 5.91 Å². The lowest BCUT2D eigenvalue weighted by atomic mass is 10.1. The maximum Gasteiger partial charge on any atom is 0.261 e. The molecule has 1 fully saturated rings. The number of rotatable bonds is 7. The summed E-state index contributed by atoms with van der Waals surface area (Å²) < 4.78 is 5.72. The minimum atomic E-state index is -0.522. The molecule has 1 aliphatic heterocycles. The van der Waals surface area contributed by atoms with Gasteiger partial charge in [0.15, 0.2) is 6.10 Å². The van der Waals surface area contributed by atoms with Crippen LogP contribution in [0, 0.1) is 6.92 Å². The number of amides is 1. The molecule has 26 heavy (non-hydrogen) atoms. The summed E-state index contributed by atoms with van der Waals surface area (Å²) in [6.45, 7) is 7.73. The second kappa shape index (κ2) is 8.86. The molecule has 0 spiro atoms. The number of hydrogen-bond donors (Lipinski definition) is 1. The number of aryl methyl sites for hydroxylation is 1. The molecule has 138 valence electrons. The highest BCUT2D eigenvalue weighted by Crippen LogP contribution is 2.15. The lowest BCUT2D eigenvalue weighted by molar-refractivity contribution is -0.127. The molecule has 1 heterocycles. The van der Waals surface area contributed by atoms with Gasteiger partial charge in [-0.1, -0.05) is 36.4 Å². The second-order valence-corrected chi connectivity index (χ2v) is 7.09. The first-order valence-corrected chi connectivity index (χ1v) is 9.41. The van der Waals surface area contributed by atoms with E-state index in [1.165, 1.54) is 31.5 Å². The van der Waals surface area contributed by atoms with Gasteiger partial charge in [-0.05, 0) is 68.6 Å². The number of benzene rings is 2. The third kappa shape index (κ3) is 5.33. The van der Waals surface area contributed by atoms with E-state index in [9.17, 15) is 4.79 Å². The Morgan fingerprint density at radius 1 is 1.12 bits per heavy atom. The summed E-state index contributed by atoms with van der Waals surface area (Å²) in [6.07, 6.45) is 2.10. The Bertz CT molecular complexity index is 721. The first-order valence-electron chi connectivity index (χ1n) is 9.41. The SMILES string of the molecule is Cc1cccc(OC(C)C(=O)NCc2ccc(CN3CCCC3)cc2)c1. The van der Waals surface area contributed by atoms with Crippen LogP contribution in [0.15, 0.2) is 48.5 Å². The third-order valence-electron chi connectivity index (χ3n) is 4.77. The zero-order valence-corrected chi connectivity index (χ0v) is 15.7. The average molecular weight is 352 g/mol. The highest BCUT2D eigenvalue weighted by atomic mass is 16.5. The van der Waals surface area contributed by atoms with Gasteiger partial charge in [0, 0.05) is 13.1 Å². The molecule has 1 amide bonds. The van der Waals surface area contributed by atoms with Crippen LogP contribution < -0.4 is 10.1 Å². The van der Waals surface area contributed by atoms with Crippen molar-refractivity contribution in [3.63, 3.8) is 0 Å². The Morgan fingerprint density at radius 2 is 1.81 bits per heavy atom. The average Bonchev–Trinajstić information content (AvgIpc) is 3.14. The summed E-state index contributed by atoms with van der Waals surface area (Å²) in [5.41, 5.74) is 3.55. The number of carbonyl (C=O) groups is 1. The van der Waals surface area contributed by atoms with Crippen molar-refractivity contribution in [2.75, 3.05) is 13.1 Å².